The van der Waals surface area contributed by atoms with Crippen molar-refractivity contribution in [3.05, 3.63) is 48.4 Å². The maximum Gasteiger partial charge on any atom is 0.257 e. The molecule has 7 nitrogen and oxygen atoms in total. The van der Waals surface area contributed by atoms with E-state index in [4.69, 9.17) is 4.74 Å². The first-order valence-electron chi connectivity index (χ1n) is 10.1. The second-order valence-electron chi connectivity index (χ2n) is 8.18. The number of anilines is 2. The van der Waals surface area contributed by atoms with E-state index >= 15 is 0 Å². The smallest absolute Gasteiger partial charge is 0.257 e. The predicted molar refractivity (Wildman–Crippen MR) is 111 cm³/mol. The Morgan fingerprint density at radius 2 is 1.90 bits per heavy atom. The highest BCUT2D eigenvalue weighted by molar-refractivity contribution is 5.95. The molecule has 1 N–H and O–H groups in total. The molecule has 3 aromatic rings. The van der Waals surface area contributed by atoms with Crippen molar-refractivity contribution >= 4 is 28.4 Å². The number of carbonyl (C=O) groups is 1. The van der Waals surface area contributed by atoms with E-state index in [9.17, 15) is 4.79 Å². The van der Waals surface area contributed by atoms with Crippen molar-refractivity contribution in [3.63, 3.8) is 0 Å². The summed E-state index contributed by atoms with van der Waals surface area (Å²) in [6.45, 7) is 3.22. The normalized spacial score (nSPS) is 18.4. The van der Waals surface area contributed by atoms with Crippen LogP contribution in [-0.4, -0.2) is 51.6 Å². The number of hydrogen-bond acceptors (Lipinski definition) is 5. The summed E-state index contributed by atoms with van der Waals surface area (Å²) in [5, 5.41) is 4.38. The number of amides is 1. The molecular weight excluding hydrogens is 366 g/mol. The van der Waals surface area contributed by atoms with E-state index in [2.05, 4.69) is 32.0 Å². The molecule has 1 aromatic carbocycles. The molecule has 0 aliphatic carbocycles. The average Bonchev–Trinajstić information content (AvgIpc) is 3.30. The molecule has 29 heavy (non-hydrogen) atoms. The van der Waals surface area contributed by atoms with Crippen LogP contribution in [0.4, 0.5) is 11.6 Å². The molecule has 1 spiro atoms. The standard InChI is InChI=1S/C22H25N5O2/c1-26-14-18(17-4-2-3-5-19(17)26)25-21-23-12-16(13-24-21)20(28)27-9-6-22(15-27)7-10-29-11-8-22/h2-5,12-14H,6-11,15H2,1H3,(H,23,24,25). The van der Waals surface area contributed by atoms with E-state index in [0.29, 0.717) is 11.5 Å². The van der Waals surface area contributed by atoms with Gasteiger partial charge in [0.25, 0.3) is 5.91 Å². The highest BCUT2D eigenvalue weighted by Gasteiger charge is 2.41. The van der Waals surface area contributed by atoms with Crippen LogP contribution in [0.3, 0.4) is 0 Å². The fourth-order valence-corrected chi connectivity index (χ4v) is 4.57. The Morgan fingerprint density at radius 1 is 1.14 bits per heavy atom. The number of carbonyl (C=O) groups excluding carboxylic acids is 1. The van der Waals surface area contributed by atoms with Gasteiger partial charge in [0.1, 0.15) is 0 Å². The molecule has 2 aliphatic heterocycles. The Morgan fingerprint density at radius 3 is 2.69 bits per heavy atom. The molecule has 5 rings (SSSR count). The summed E-state index contributed by atoms with van der Waals surface area (Å²) >= 11 is 0. The first-order chi connectivity index (χ1) is 14.1. The lowest BCUT2D eigenvalue weighted by Crippen LogP contribution is -2.35. The van der Waals surface area contributed by atoms with Crippen LogP contribution >= 0.6 is 0 Å². The topological polar surface area (TPSA) is 72.3 Å². The second kappa shape index (κ2) is 7.15. The van der Waals surface area contributed by atoms with Gasteiger partial charge in [-0.15, -0.1) is 0 Å². The second-order valence-corrected chi connectivity index (χ2v) is 8.18. The number of rotatable bonds is 3. The third-order valence-electron chi connectivity index (χ3n) is 6.32. The van der Waals surface area contributed by atoms with Crippen LogP contribution in [0.2, 0.25) is 0 Å². The van der Waals surface area contributed by atoms with Gasteiger partial charge in [0, 0.05) is 62.8 Å². The Labute approximate surface area is 169 Å². The third kappa shape index (κ3) is 3.35. The maximum atomic E-state index is 12.9. The molecule has 2 fully saturated rings. The summed E-state index contributed by atoms with van der Waals surface area (Å²) in [5.74, 6) is 0.505. The summed E-state index contributed by atoms with van der Waals surface area (Å²) in [4.78, 5) is 23.6. The highest BCUT2D eigenvalue weighted by atomic mass is 16.5. The number of nitrogens with zero attached hydrogens (tertiary/aromatic N) is 4. The number of para-hydroxylation sites is 1. The molecule has 4 heterocycles. The lowest BCUT2D eigenvalue weighted by atomic mass is 9.80. The van der Waals surface area contributed by atoms with Crippen molar-refractivity contribution in [2.45, 2.75) is 19.3 Å². The van der Waals surface area contributed by atoms with Crippen LogP contribution < -0.4 is 5.32 Å². The van der Waals surface area contributed by atoms with E-state index in [1.54, 1.807) is 12.4 Å². The van der Waals surface area contributed by atoms with Gasteiger partial charge in [-0.25, -0.2) is 9.97 Å². The summed E-state index contributed by atoms with van der Waals surface area (Å²) in [6.07, 6.45) is 8.41. The monoisotopic (exact) mass is 391 g/mol. The Balaban J connectivity index is 1.29. The third-order valence-corrected chi connectivity index (χ3v) is 6.32. The number of likely N-dealkylation sites (tertiary alicyclic amines) is 1. The van der Waals surface area contributed by atoms with Crippen molar-refractivity contribution in [1.82, 2.24) is 19.4 Å². The SMILES string of the molecule is Cn1cc(Nc2ncc(C(=O)N3CCC4(CCOCC4)C3)cn2)c2ccccc21. The van der Waals surface area contributed by atoms with Crippen molar-refractivity contribution in [3.8, 4) is 0 Å². The van der Waals surface area contributed by atoms with Gasteiger partial charge in [0.2, 0.25) is 5.95 Å². The van der Waals surface area contributed by atoms with Crippen molar-refractivity contribution in [2.75, 3.05) is 31.6 Å². The van der Waals surface area contributed by atoms with Crippen molar-refractivity contribution in [2.24, 2.45) is 12.5 Å². The largest absolute Gasteiger partial charge is 0.381 e. The van der Waals surface area contributed by atoms with E-state index in [-0.39, 0.29) is 11.3 Å². The quantitative estimate of drug-likeness (QED) is 0.741. The molecule has 2 saturated heterocycles. The van der Waals surface area contributed by atoms with Gasteiger partial charge in [0.05, 0.1) is 11.3 Å². The van der Waals surface area contributed by atoms with Crippen molar-refractivity contribution < 1.29 is 9.53 Å². The molecule has 0 radical (unpaired) electrons. The van der Waals surface area contributed by atoms with Gasteiger partial charge < -0.3 is 19.5 Å². The molecule has 2 aromatic heterocycles. The van der Waals surface area contributed by atoms with Gasteiger partial charge in [-0.1, -0.05) is 18.2 Å². The minimum atomic E-state index is 0.0186. The highest BCUT2D eigenvalue weighted by Crippen LogP contribution is 2.40. The summed E-state index contributed by atoms with van der Waals surface area (Å²) in [7, 11) is 2.01. The van der Waals surface area contributed by atoms with Gasteiger partial charge in [0.15, 0.2) is 0 Å². The minimum Gasteiger partial charge on any atom is -0.381 e. The lowest BCUT2D eigenvalue weighted by Gasteiger charge is -2.33. The number of nitrogens with one attached hydrogen (secondary N) is 1. The van der Waals surface area contributed by atoms with Gasteiger partial charge in [-0.3, -0.25) is 4.79 Å². The van der Waals surface area contributed by atoms with E-state index < -0.39 is 0 Å². The molecule has 0 saturated carbocycles. The van der Waals surface area contributed by atoms with Crippen LogP contribution in [0.5, 0.6) is 0 Å². The minimum absolute atomic E-state index is 0.0186. The van der Waals surface area contributed by atoms with Crippen LogP contribution in [-0.2, 0) is 11.8 Å². The number of ether oxygens (including phenoxy) is 1. The van der Waals surface area contributed by atoms with Gasteiger partial charge >= 0.3 is 0 Å². The number of benzene rings is 1. The fourth-order valence-electron chi connectivity index (χ4n) is 4.57. The summed E-state index contributed by atoms with van der Waals surface area (Å²) in [6, 6.07) is 8.17. The lowest BCUT2D eigenvalue weighted by molar-refractivity contribution is 0.0191. The van der Waals surface area contributed by atoms with Crippen LogP contribution in [0.15, 0.2) is 42.9 Å². The Hall–Kier alpha value is -2.93. The molecule has 150 valence electrons. The van der Waals surface area contributed by atoms with Crippen molar-refractivity contribution in [1.29, 1.82) is 0 Å². The van der Waals surface area contributed by atoms with E-state index in [0.717, 1.165) is 62.2 Å². The number of aromatic nitrogens is 3. The van der Waals surface area contributed by atoms with E-state index in [1.165, 1.54) is 0 Å². The zero-order valence-corrected chi connectivity index (χ0v) is 16.6. The molecule has 0 bridgehead atoms. The molecule has 0 unspecified atom stereocenters. The zero-order valence-electron chi connectivity index (χ0n) is 16.6. The Kier molecular flexibility index (Phi) is 4.47. The number of hydrogen-bond donors (Lipinski definition) is 1. The Bertz CT molecular complexity index is 1040. The van der Waals surface area contributed by atoms with Crippen LogP contribution in [0, 0.1) is 5.41 Å². The van der Waals surface area contributed by atoms with Gasteiger partial charge in [-0.2, -0.15) is 0 Å². The molecule has 2 aliphatic rings. The predicted octanol–water partition coefficient (Wildman–Crippen LogP) is 3.35. The van der Waals surface area contributed by atoms with Gasteiger partial charge in [-0.05, 0) is 30.7 Å². The number of fused-ring (bicyclic) bond motifs is 1. The molecule has 1 amide bonds. The first-order valence-corrected chi connectivity index (χ1v) is 10.1. The van der Waals surface area contributed by atoms with Crippen LogP contribution in [0.1, 0.15) is 29.6 Å². The molecule has 7 heteroatoms. The average molecular weight is 391 g/mol. The van der Waals surface area contributed by atoms with Crippen LogP contribution in [0.25, 0.3) is 10.9 Å². The maximum absolute atomic E-state index is 12.9. The summed E-state index contributed by atoms with van der Waals surface area (Å²) < 4.78 is 7.56. The number of aryl methyl sites for hydroxylation is 1. The zero-order chi connectivity index (χ0) is 19.8. The summed E-state index contributed by atoms with van der Waals surface area (Å²) in [5.41, 5.74) is 2.86. The van der Waals surface area contributed by atoms with E-state index in [1.807, 2.05) is 30.3 Å². The first kappa shape index (κ1) is 18.1. The fraction of sp³-hybridized carbons (Fsp3) is 0.409. The molecule has 0 atom stereocenters. The molecular formula is C22H25N5O2.